The molecular weight excluding hydrogens is 424 g/mol. The van der Waals surface area contributed by atoms with Crippen molar-refractivity contribution in [3.05, 3.63) is 41.5 Å². The molecule has 6 atom stereocenters. The summed E-state index contributed by atoms with van der Waals surface area (Å²) in [4.78, 5) is 12.7. The minimum Gasteiger partial charge on any atom is -0.456 e. The van der Waals surface area contributed by atoms with Crippen LogP contribution in [0, 0.1) is 5.92 Å². The maximum absolute atomic E-state index is 12.7. The molecule has 0 radical (unpaired) electrons. The van der Waals surface area contributed by atoms with Crippen LogP contribution >= 0.6 is 0 Å². The van der Waals surface area contributed by atoms with Gasteiger partial charge >= 0.3 is 5.97 Å². The fraction of sp³-hybridized carbons (Fsp3) is 0.577. The lowest BCUT2D eigenvalue weighted by Crippen LogP contribution is -2.55. The Kier molecular flexibility index (Phi) is 5.75. The van der Waals surface area contributed by atoms with Gasteiger partial charge in [0.1, 0.15) is 23.4 Å². The highest BCUT2D eigenvalue weighted by molar-refractivity contribution is 5.87. The third kappa shape index (κ3) is 4.29. The number of allylic oxidation sites excluding steroid dienone is 1. The summed E-state index contributed by atoms with van der Waals surface area (Å²) in [6.07, 6.45) is 7.26. The quantitative estimate of drug-likeness (QED) is 0.265. The number of hydrogen-bond acceptors (Lipinski definition) is 7. The lowest BCUT2D eigenvalue weighted by Gasteiger charge is -2.42. The van der Waals surface area contributed by atoms with Crippen molar-refractivity contribution in [2.75, 3.05) is 20.5 Å². The summed E-state index contributed by atoms with van der Waals surface area (Å²) in [6, 6.07) is 5.54. The third-order valence-corrected chi connectivity index (χ3v) is 7.31. The Hall–Kier alpha value is -2.35. The standard InChI is InChI=1S/C26H32O7/c1-16(2)5-9-21-25(3,33-21)24-23(28-4)19(11-12-26(24)14-31-26)32-22(27)10-7-17-6-8-18-20(13-17)30-15-29-18/h5-8,10,13,19,21,23-24H,9,11-12,14-15H2,1-4H3/b10-7+/t19-,21-,23-,24-,25-,26+/m1/s1. The first-order valence-corrected chi connectivity index (χ1v) is 11.6. The first kappa shape index (κ1) is 22.4. The Bertz CT molecular complexity index is 975. The van der Waals surface area contributed by atoms with E-state index in [0.717, 1.165) is 18.4 Å². The predicted octanol–water partition coefficient (Wildman–Crippen LogP) is 4.05. The van der Waals surface area contributed by atoms with Gasteiger partial charge < -0.3 is 28.4 Å². The summed E-state index contributed by atoms with van der Waals surface area (Å²) in [6.45, 7) is 7.25. The van der Waals surface area contributed by atoms with Crippen molar-refractivity contribution in [1.82, 2.24) is 0 Å². The first-order chi connectivity index (χ1) is 15.8. The van der Waals surface area contributed by atoms with Gasteiger partial charge in [0.05, 0.1) is 18.6 Å². The molecule has 1 aliphatic carbocycles. The lowest BCUT2D eigenvalue weighted by molar-refractivity contribution is -0.166. The zero-order valence-corrected chi connectivity index (χ0v) is 19.7. The number of epoxide rings is 2. The number of ether oxygens (including phenoxy) is 6. The fourth-order valence-corrected chi connectivity index (χ4v) is 5.44. The van der Waals surface area contributed by atoms with Crippen LogP contribution in [0.5, 0.6) is 11.5 Å². The maximum Gasteiger partial charge on any atom is 0.331 e. The molecule has 0 unspecified atom stereocenters. The van der Waals surface area contributed by atoms with Crippen molar-refractivity contribution in [3.8, 4) is 11.5 Å². The molecule has 4 aliphatic rings. The van der Waals surface area contributed by atoms with Gasteiger partial charge in [0.25, 0.3) is 0 Å². The van der Waals surface area contributed by atoms with Gasteiger partial charge in [-0.05, 0) is 63.8 Å². The van der Waals surface area contributed by atoms with Crippen LogP contribution in [0.2, 0.25) is 0 Å². The molecule has 7 nitrogen and oxygen atoms in total. The molecule has 1 spiro atoms. The van der Waals surface area contributed by atoms with Crippen molar-refractivity contribution >= 4 is 12.0 Å². The van der Waals surface area contributed by atoms with E-state index in [9.17, 15) is 4.79 Å². The molecular formula is C26H32O7. The minimum atomic E-state index is -0.394. The van der Waals surface area contributed by atoms with Crippen LogP contribution in [0.15, 0.2) is 35.9 Å². The van der Waals surface area contributed by atoms with E-state index in [1.54, 1.807) is 13.2 Å². The molecule has 5 rings (SSSR count). The van der Waals surface area contributed by atoms with Crippen LogP contribution < -0.4 is 9.47 Å². The molecule has 3 heterocycles. The number of carbonyl (C=O) groups is 1. The number of hydrogen-bond donors (Lipinski definition) is 0. The monoisotopic (exact) mass is 456 g/mol. The Morgan fingerprint density at radius 2 is 2.03 bits per heavy atom. The second-order valence-corrected chi connectivity index (χ2v) is 9.80. The highest BCUT2D eigenvalue weighted by atomic mass is 16.7. The molecule has 178 valence electrons. The summed E-state index contributed by atoms with van der Waals surface area (Å²) < 4.78 is 34.7. The zero-order valence-electron chi connectivity index (χ0n) is 19.7. The van der Waals surface area contributed by atoms with E-state index >= 15 is 0 Å². The van der Waals surface area contributed by atoms with Gasteiger partial charge in [0.15, 0.2) is 11.5 Å². The largest absolute Gasteiger partial charge is 0.456 e. The van der Waals surface area contributed by atoms with Gasteiger partial charge in [-0.2, -0.15) is 0 Å². The van der Waals surface area contributed by atoms with Crippen LogP contribution in [-0.2, 0) is 23.7 Å². The van der Waals surface area contributed by atoms with Gasteiger partial charge in [-0.3, -0.25) is 0 Å². The summed E-state index contributed by atoms with van der Waals surface area (Å²) in [5.74, 6) is 1.00. The predicted molar refractivity (Wildman–Crippen MR) is 121 cm³/mol. The van der Waals surface area contributed by atoms with Crippen LogP contribution in [0.25, 0.3) is 6.08 Å². The number of carbonyl (C=O) groups excluding carboxylic acids is 1. The van der Waals surface area contributed by atoms with E-state index in [1.807, 2.05) is 18.2 Å². The van der Waals surface area contributed by atoms with Crippen molar-refractivity contribution in [1.29, 1.82) is 0 Å². The van der Waals surface area contributed by atoms with Crippen LogP contribution in [0.3, 0.4) is 0 Å². The maximum atomic E-state index is 12.7. The van der Waals surface area contributed by atoms with Gasteiger partial charge in [-0.1, -0.05) is 17.7 Å². The topological polar surface area (TPSA) is 79.1 Å². The number of methoxy groups -OCH3 is 1. The van der Waals surface area contributed by atoms with Gasteiger partial charge in [-0.15, -0.1) is 0 Å². The van der Waals surface area contributed by atoms with Crippen LogP contribution in [-0.4, -0.2) is 56.0 Å². The van der Waals surface area contributed by atoms with E-state index < -0.39 is 5.97 Å². The Balaban J connectivity index is 1.27. The van der Waals surface area contributed by atoms with Crippen molar-refractivity contribution in [2.24, 2.45) is 5.92 Å². The highest BCUT2D eigenvalue weighted by Crippen LogP contribution is 2.59. The van der Waals surface area contributed by atoms with Crippen LogP contribution in [0.1, 0.15) is 45.6 Å². The molecule has 0 N–H and O–H groups in total. The van der Waals surface area contributed by atoms with E-state index in [0.29, 0.717) is 24.5 Å². The molecule has 0 bridgehead atoms. The summed E-state index contributed by atoms with van der Waals surface area (Å²) in [5.41, 5.74) is 1.53. The smallest absolute Gasteiger partial charge is 0.331 e. The van der Waals surface area contributed by atoms with E-state index in [2.05, 4.69) is 26.8 Å². The van der Waals surface area contributed by atoms with Gasteiger partial charge in [-0.25, -0.2) is 4.79 Å². The first-order valence-electron chi connectivity index (χ1n) is 11.6. The number of esters is 1. The van der Waals surface area contributed by atoms with Gasteiger partial charge in [0.2, 0.25) is 6.79 Å². The van der Waals surface area contributed by atoms with Crippen molar-refractivity contribution < 1.29 is 33.2 Å². The lowest BCUT2D eigenvalue weighted by atomic mass is 9.68. The average Bonchev–Trinajstić information content (AvgIpc) is 3.65. The fourth-order valence-electron chi connectivity index (χ4n) is 5.44. The molecule has 1 saturated carbocycles. The SMILES string of the molecule is CO[C@@H]1[C@H](OC(=O)/C=C/c2ccc3c(c2)OCO3)CC[C@]2(CO2)[C@H]1[C@]1(C)O[C@@H]1CC=C(C)C. The second kappa shape index (κ2) is 8.46. The van der Waals surface area contributed by atoms with Gasteiger partial charge in [0, 0.05) is 13.2 Å². The molecule has 7 heteroatoms. The highest BCUT2D eigenvalue weighted by Gasteiger charge is 2.72. The number of benzene rings is 1. The molecule has 0 aromatic heterocycles. The summed E-state index contributed by atoms with van der Waals surface area (Å²) in [7, 11) is 1.68. The molecule has 2 saturated heterocycles. The number of fused-ring (bicyclic) bond motifs is 1. The normalized spacial score (nSPS) is 36.1. The third-order valence-electron chi connectivity index (χ3n) is 7.31. The number of rotatable bonds is 7. The summed E-state index contributed by atoms with van der Waals surface area (Å²) in [5, 5.41) is 0. The van der Waals surface area contributed by atoms with E-state index in [1.165, 1.54) is 11.6 Å². The minimum absolute atomic E-state index is 0.00921. The van der Waals surface area contributed by atoms with Crippen molar-refractivity contribution in [2.45, 2.75) is 69.5 Å². The molecule has 1 aromatic rings. The Morgan fingerprint density at radius 1 is 1.24 bits per heavy atom. The molecule has 0 amide bonds. The average molecular weight is 457 g/mol. The van der Waals surface area contributed by atoms with Crippen molar-refractivity contribution in [3.63, 3.8) is 0 Å². The molecule has 3 aliphatic heterocycles. The van der Waals surface area contributed by atoms with E-state index in [4.69, 9.17) is 28.4 Å². The Labute approximate surface area is 194 Å². The molecule has 3 fully saturated rings. The second-order valence-electron chi connectivity index (χ2n) is 9.80. The van der Waals surface area contributed by atoms with Crippen LogP contribution in [0.4, 0.5) is 0 Å². The molecule has 33 heavy (non-hydrogen) atoms. The molecule has 1 aromatic carbocycles. The van der Waals surface area contributed by atoms with E-state index in [-0.39, 0.29) is 42.2 Å². The summed E-state index contributed by atoms with van der Waals surface area (Å²) >= 11 is 0. The Morgan fingerprint density at radius 3 is 2.76 bits per heavy atom. The zero-order chi connectivity index (χ0) is 23.2.